The Bertz CT molecular complexity index is 254. The molecule has 0 amide bonds. The molecular formula is C15H29NO3. The normalized spacial score (nSPS) is 18.1. The summed E-state index contributed by atoms with van der Waals surface area (Å²) in [6.45, 7) is 8.08. The first-order valence-corrected chi connectivity index (χ1v) is 7.67. The second-order valence-electron chi connectivity index (χ2n) is 5.50. The van der Waals surface area contributed by atoms with E-state index in [4.69, 9.17) is 9.47 Å². The third-order valence-electron chi connectivity index (χ3n) is 3.32. The molecule has 1 rings (SSSR count). The number of nitrogens with one attached hydrogen (secondary N) is 1. The van der Waals surface area contributed by atoms with Crippen molar-refractivity contribution in [2.24, 2.45) is 5.92 Å². The summed E-state index contributed by atoms with van der Waals surface area (Å²) in [7, 11) is 0. The van der Waals surface area contributed by atoms with Gasteiger partial charge in [0.05, 0.1) is 6.61 Å². The lowest BCUT2D eigenvalue weighted by Crippen LogP contribution is -2.40. The molecule has 1 fully saturated rings. The van der Waals surface area contributed by atoms with Crippen molar-refractivity contribution in [3.63, 3.8) is 0 Å². The standard InChI is InChI=1S/C15H29NO3/c1-4-6-12(3)11-18-10-9-14(15(17)19-5-2)16-13-7-8-13/h12-14,16H,4-11H2,1-3H3. The van der Waals surface area contributed by atoms with Crippen molar-refractivity contribution in [3.05, 3.63) is 0 Å². The average Bonchev–Trinajstić information content (AvgIpc) is 3.17. The summed E-state index contributed by atoms with van der Waals surface area (Å²) in [6, 6.07) is 0.308. The highest BCUT2D eigenvalue weighted by Crippen LogP contribution is 2.20. The molecule has 4 nitrogen and oxygen atoms in total. The molecule has 0 spiro atoms. The zero-order valence-electron chi connectivity index (χ0n) is 12.6. The lowest BCUT2D eigenvalue weighted by Gasteiger charge is -2.17. The Morgan fingerprint density at radius 2 is 2.05 bits per heavy atom. The monoisotopic (exact) mass is 271 g/mol. The highest BCUT2D eigenvalue weighted by Gasteiger charge is 2.28. The fourth-order valence-corrected chi connectivity index (χ4v) is 2.11. The van der Waals surface area contributed by atoms with Gasteiger partial charge < -0.3 is 14.8 Å². The fraction of sp³-hybridized carbons (Fsp3) is 0.933. The maximum absolute atomic E-state index is 11.8. The molecule has 0 aromatic carbocycles. The van der Waals surface area contributed by atoms with Crippen LogP contribution in [0, 0.1) is 5.92 Å². The molecule has 19 heavy (non-hydrogen) atoms. The third kappa shape index (κ3) is 7.53. The van der Waals surface area contributed by atoms with Crippen LogP contribution in [0.25, 0.3) is 0 Å². The van der Waals surface area contributed by atoms with Gasteiger partial charge in [-0.15, -0.1) is 0 Å². The Morgan fingerprint density at radius 3 is 2.63 bits per heavy atom. The minimum Gasteiger partial charge on any atom is -0.465 e. The van der Waals surface area contributed by atoms with E-state index in [2.05, 4.69) is 19.2 Å². The van der Waals surface area contributed by atoms with Crippen LogP contribution in [0.2, 0.25) is 0 Å². The highest BCUT2D eigenvalue weighted by molar-refractivity contribution is 5.75. The van der Waals surface area contributed by atoms with Gasteiger partial charge in [0.1, 0.15) is 6.04 Å². The van der Waals surface area contributed by atoms with Gasteiger partial charge >= 0.3 is 5.97 Å². The molecule has 2 atom stereocenters. The van der Waals surface area contributed by atoms with E-state index in [-0.39, 0.29) is 12.0 Å². The molecule has 4 heteroatoms. The molecule has 0 heterocycles. The lowest BCUT2D eigenvalue weighted by molar-refractivity contribution is -0.146. The number of ether oxygens (including phenoxy) is 2. The van der Waals surface area contributed by atoms with Crippen LogP contribution in [0.15, 0.2) is 0 Å². The average molecular weight is 271 g/mol. The maximum atomic E-state index is 11.8. The fourth-order valence-electron chi connectivity index (χ4n) is 2.11. The van der Waals surface area contributed by atoms with Crippen LogP contribution in [0.1, 0.15) is 52.9 Å². The predicted octanol–water partition coefficient (Wildman–Crippen LogP) is 2.51. The zero-order chi connectivity index (χ0) is 14.1. The maximum Gasteiger partial charge on any atom is 0.323 e. The summed E-state index contributed by atoms with van der Waals surface area (Å²) >= 11 is 0. The van der Waals surface area contributed by atoms with Crippen LogP contribution in [0.4, 0.5) is 0 Å². The minimum atomic E-state index is -0.200. The van der Waals surface area contributed by atoms with Gasteiger partial charge in [0.2, 0.25) is 0 Å². The SMILES string of the molecule is CCCC(C)COCCC(NC1CC1)C(=O)OCC. The van der Waals surface area contributed by atoms with Gasteiger partial charge in [0, 0.05) is 19.3 Å². The molecule has 0 aliphatic heterocycles. The van der Waals surface area contributed by atoms with Crippen molar-refractivity contribution in [2.75, 3.05) is 19.8 Å². The molecule has 1 N–H and O–H groups in total. The predicted molar refractivity (Wildman–Crippen MR) is 76.1 cm³/mol. The van der Waals surface area contributed by atoms with Gasteiger partial charge in [-0.3, -0.25) is 4.79 Å². The highest BCUT2D eigenvalue weighted by atomic mass is 16.5. The van der Waals surface area contributed by atoms with Crippen LogP contribution in [-0.4, -0.2) is 37.9 Å². The Kier molecular flexibility index (Phi) is 8.07. The number of rotatable bonds is 11. The number of carbonyl (C=O) groups is 1. The molecule has 1 saturated carbocycles. The molecule has 0 radical (unpaired) electrons. The van der Waals surface area contributed by atoms with Crippen LogP contribution < -0.4 is 5.32 Å². The second-order valence-corrected chi connectivity index (χ2v) is 5.50. The quantitative estimate of drug-likeness (QED) is 0.463. The van der Waals surface area contributed by atoms with Gasteiger partial charge in [-0.25, -0.2) is 0 Å². The molecule has 0 saturated heterocycles. The molecule has 0 bridgehead atoms. The molecule has 0 aromatic rings. The number of hydrogen-bond acceptors (Lipinski definition) is 4. The van der Waals surface area contributed by atoms with Crippen LogP contribution in [-0.2, 0) is 14.3 Å². The van der Waals surface area contributed by atoms with Gasteiger partial charge in [-0.05, 0) is 38.5 Å². The van der Waals surface area contributed by atoms with Crippen LogP contribution in [0.3, 0.4) is 0 Å². The van der Waals surface area contributed by atoms with Crippen molar-refractivity contribution in [3.8, 4) is 0 Å². The second kappa shape index (κ2) is 9.32. The van der Waals surface area contributed by atoms with E-state index in [1.54, 1.807) is 0 Å². The van der Waals surface area contributed by atoms with E-state index >= 15 is 0 Å². The van der Waals surface area contributed by atoms with Gasteiger partial charge in [-0.1, -0.05) is 20.3 Å². The number of esters is 1. The lowest BCUT2D eigenvalue weighted by atomic mass is 10.1. The summed E-state index contributed by atoms with van der Waals surface area (Å²) in [5, 5.41) is 3.33. The Morgan fingerprint density at radius 1 is 1.32 bits per heavy atom. The molecule has 112 valence electrons. The summed E-state index contributed by atoms with van der Waals surface area (Å²) < 4.78 is 10.8. The Labute approximate surface area is 117 Å². The van der Waals surface area contributed by atoms with Crippen molar-refractivity contribution in [1.82, 2.24) is 5.32 Å². The first-order chi connectivity index (χ1) is 9.17. The molecule has 1 aliphatic carbocycles. The van der Waals surface area contributed by atoms with E-state index in [0.29, 0.717) is 31.6 Å². The smallest absolute Gasteiger partial charge is 0.323 e. The molecular weight excluding hydrogens is 242 g/mol. The van der Waals surface area contributed by atoms with Crippen LogP contribution in [0.5, 0.6) is 0 Å². The van der Waals surface area contributed by atoms with E-state index in [1.165, 1.54) is 25.7 Å². The summed E-state index contributed by atoms with van der Waals surface area (Å²) in [5.41, 5.74) is 0. The molecule has 2 unspecified atom stereocenters. The van der Waals surface area contributed by atoms with Gasteiger partial charge in [-0.2, -0.15) is 0 Å². The van der Waals surface area contributed by atoms with E-state index in [0.717, 1.165) is 6.61 Å². The topological polar surface area (TPSA) is 47.6 Å². The van der Waals surface area contributed by atoms with E-state index in [1.807, 2.05) is 6.92 Å². The zero-order valence-corrected chi connectivity index (χ0v) is 12.6. The van der Waals surface area contributed by atoms with E-state index in [9.17, 15) is 4.79 Å². The summed E-state index contributed by atoms with van der Waals surface area (Å²) in [5.74, 6) is 0.460. The van der Waals surface area contributed by atoms with Crippen molar-refractivity contribution < 1.29 is 14.3 Å². The summed E-state index contributed by atoms with van der Waals surface area (Å²) in [6.07, 6.45) is 5.43. The number of hydrogen-bond donors (Lipinski definition) is 1. The van der Waals surface area contributed by atoms with Crippen LogP contribution >= 0.6 is 0 Å². The third-order valence-corrected chi connectivity index (χ3v) is 3.32. The molecule has 0 aromatic heterocycles. The number of carbonyl (C=O) groups excluding carboxylic acids is 1. The van der Waals surface area contributed by atoms with Crippen molar-refractivity contribution in [2.45, 2.75) is 65.0 Å². The first-order valence-electron chi connectivity index (χ1n) is 7.67. The van der Waals surface area contributed by atoms with Gasteiger partial charge in [0.25, 0.3) is 0 Å². The van der Waals surface area contributed by atoms with Crippen molar-refractivity contribution >= 4 is 5.97 Å². The first kappa shape index (κ1) is 16.4. The van der Waals surface area contributed by atoms with E-state index < -0.39 is 0 Å². The Hall–Kier alpha value is -0.610. The van der Waals surface area contributed by atoms with Crippen molar-refractivity contribution in [1.29, 1.82) is 0 Å². The van der Waals surface area contributed by atoms with Gasteiger partial charge in [0.15, 0.2) is 0 Å². The largest absolute Gasteiger partial charge is 0.465 e. The Balaban J connectivity index is 2.18. The molecule has 1 aliphatic rings. The summed E-state index contributed by atoms with van der Waals surface area (Å²) in [4.78, 5) is 11.8. The minimum absolute atomic E-state index is 0.139.